The van der Waals surface area contributed by atoms with Gasteiger partial charge >= 0.3 is 5.69 Å². The average Bonchev–Trinajstić information content (AvgIpc) is 3.45. The summed E-state index contributed by atoms with van der Waals surface area (Å²) in [5.41, 5.74) is 4.15. The average molecular weight is 440 g/mol. The van der Waals surface area contributed by atoms with Crippen molar-refractivity contribution in [1.29, 1.82) is 0 Å². The highest BCUT2D eigenvalue weighted by Crippen LogP contribution is 2.49. The molecule has 31 heavy (non-hydrogen) atoms. The van der Waals surface area contributed by atoms with E-state index < -0.39 is 47.1 Å². The minimum atomic E-state index is -3.19. The zero-order valence-corrected chi connectivity index (χ0v) is 16.8. The van der Waals surface area contributed by atoms with Gasteiger partial charge in [0.05, 0.1) is 18.2 Å². The molecule has 1 aromatic carbocycles. The molecule has 2 aliphatic carbocycles. The molecule has 0 bridgehead atoms. The van der Waals surface area contributed by atoms with Gasteiger partial charge in [-0.25, -0.2) is 18.0 Å². The fourth-order valence-corrected chi connectivity index (χ4v) is 5.21. The van der Waals surface area contributed by atoms with E-state index in [1.165, 1.54) is 16.6 Å². The number of halogens is 3. The zero-order valence-electron chi connectivity index (χ0n) is 16.8. The highest BCUT2D eigenvalue weighted by atomic mass is 19.3. The Labute approximate surface area is 174 Å². The van der Waals surface area contributed by atoms with Crippen molar-refractivity contribution < 1.29 is 23.0 Å². The number of anilines is 2. The monoisotopic (exact) mass is 440 g/mol. The van der Waals surface area contributed by atoms with Crippen molar-refractivity contribution in [2.75, 3.05) is 30.8 Å². The Morgan fingerprint density at radius 1 is 1.23 bits per heavy atom. The van der Waals surface area contributed by atoms with E-state index in [0.717, 1.165) is 0 Å². The van der Waals surface area contributed by atoms with Gasteiger partial charge in [0.25, 0.3) is 11.5 Å². The molecule has 4 N–H and O–H groups in total. The van der Waals surface area contributed by atoms with Gasteiger partial charge in [0.1, 0.15) is 17.3 Å². The fourth-order valence-electron chi connectivity index (χ4n) is 5.21. The second-order valence-corrected chi connectivity index (χ2v) is 8.77. The maximum absolute atomic E-state index is 15.5. The molecule has 1 saturated heterocycles. The van der Waals surface area contributed by atoms with Crippen LogP contribution in [0.5, 0.6) is 5.75 Å². The van der Waals surface area contributed by atoms with Crippen molar-refractivity contribution in [3.8, 4) is 5.75 Å². The van der Waals surface area contributed by atoms with Crippen LogP contribution in [0.25, 0.3) is 10.9 Å². The summed E-state index contributed by atoms with van der Waals surface area (Å²) in [6.07, 6.45) is -0.627. The van der Waals surface area contributed by atoms with Crippen molar-refractivity contribution in [2.24, 2.45) is 11.8 Å². The molecule has 3 fully saturated rings. The van der Waals surface area contributed by atoms with Crippen LogP contribution in [0.1, 0.15) is 31.7 Å². The molecule has 0 radical (unpaired) electrons. The van der Waals surface area contributed by atoms with Crippen LogP contribution in [0, 0.1) is 17.7 Å². The van der Waals surface area contributed by atoms with Gasteiger partial charge in [-0.3, -0.25) is 14.3 Å². The fraction of sp³-hybridized carbons (Fsp3) is 0.600. The van der Waals surface area contributed by atoms with Gasteiger partial charge in [-0.05, 0) is 25.2 Å². The molecule has 1 aliphatic heterocycles. The number of hydrogen-bond donors (Lipinski definition) is 3. The van der Waals surface area contributed by atoms with E-state index in [4.69, 9.17) is 10.5 Å². The third-order valence-corrected chi connectivity index (χ3v) is 6.90. The molecule has 11 heteroatoms. The van der Waals surface area contributed by atoms with Crippen molar-refractivity contribution in [3.05, 3.63) is 26.7 Å². The molecule has 2 saturated carbocycles. The highest BCUT2D eigenvalue weighted by molar-refractivity contribution is 5.99. The number of ether oxygens (including phenoxy) is 1. The van der Waals surface area contributed by atoms with Crippen LogP contribution in [0.4, 0.5) is 24.5 Å². The Hall–Kier alpha value is -2.69. The Balaban J connectivity index is 1.72. The van der Waals surface area contributed by atoms with E-state index in [9.17, 15) is 23.5 Å². The van der Waals surface area contributed by atoms with Gasteiger partial charge in [-0.1, -0.05) is 0 Å². The summed E-state index contributed by atoms with van der Waals surface area (Å²) in [6.45, 7) is 0.212. The van der Waals surface area contributed by atoms with Crippen LogP contribution in [-0.2, 0) is 0 Å². The number of aliphatic hydroxyl groups excluding tert-OH is 1. The van der Waals surface area contributed by atoms with Crippen LogP contribution in [0.2, 0.25) is 0 Å². The molecule has 3 atom stereocenters. The Morgan fingerprint density at radius 3 is 2.58 bits per heavy atom. The molecular weight excluding hydrogens is 417 g/mol. The predicted molar refractivity (Wildman–Crippen MR) is 107 cm³/mol. The Bertz CT molecular complexity index is 1190. The summed E-state index contributed by atoms with van der Waals surface area (Å²) in [6, 6.07) is -0.167. The Kier molecular flexibility index (Phi) is 4.34. The number of fused-ring (bicyclic) bond motifs is 2. The molecule has 5 rings (SSSR count). The number of nitrogens with one attached hydrogen (secondary N) is 1. The topological polar surface area (TPSA) is 114 Å². The lowest BCUT2D eigenvalue weighted by molar-refractivity contribution is -0.161. The van der Waals surface area contributed by atoms with Gasteiger partial charge in [-0.2, -0.15) is 0 Å². The first-order valence-electron chi connectivity index (χ1n) is 10.3. The minimum Gasteiger partial charge on any atom is -0.492 e. The number of hydrogen-bond acceptors (Lipinski definition) is 6. The van der Waals surface area contributed by atoms with Gasteiger partial charge in [-0.15, -0.1) is 0 Å². The third-order valence-electron chi connectivity index (χ3n) is 6.90. The number of nitrogen functional groups attached to an aromatic ring is 1. The number of nitrogens with two attached hydrogens (primary N) is 1. The van der Waals surface area contributed by atoms with Crippen molar-refractivity contribution in [3.63, 3.8) is 0 Å². The van der Waals surface area contributed by atoms with Crippen LogP contribution in [0.15, 0.2) is 9.59 Å². The number of aliphatic hydroxyl groups is 1. The van der Waals surface area contributed by atoms with E-state index >= 15 is 4.39 Å². The first-order chi connectivity index (χ1) is 14.7. The van der Waals surface area contributed by atoms with E-state index in [2.05, 4.69) is 4.98 Å². The molecular formula is C20H23F3N4O4. The maximum atomic E-state index is 15.5. The highest BCUT2D eigenvalue weighted by Gasteiger charge is 2.53. The molecule has 3 unspecified atom stereocenters. The summed E-state index contributed by atoms with van der Waals surface area (Å²) in [5.74, 6) is -5.12. The molecule has 1 aromatic heterocycles. The number of benzene rings is 1. The summed E-state index contributed by atoms with van der Waals surface area (Å²) in [4.78, 5) is 28.7. The Morgan fingerprint density at radius 2 is 1.94 bits per heavy atom. The lowest BCUT2D eigenvalue weighted by Crippen LogP contribution is -2.46. The smallest absolute Gasteiger partial charge is 0.329 e. The minimum absolute atomic E-state index is 0.0174. The molecule has 3 aliphatic rings. The van der Waals surface area contributed by atoms with Crippen molar-refractivity contribution in [1.82, 2.24) is 9.55 Å². The quantitative estimate of drug-likeness (QED) is 0.625. The van der Waals surface area contributed by atoms with Gasteiger partial charge in [0.2, 0.25) is 0 Å². The zero-order chi connectivity index (χ0) is 22.2. The summed E-state index contributed by atoms with van der Waals surface area (Å²) in [5, 5.41) is 10.0. The lowest BCUT2D eigenvalue weighted by Gasteiger charge is -2.35. The summed E-state index contributed by atoms with van der Waals surface area (Å²) in [7, 11) is 1.29. The molecule has 8 nitrogen and oxygen atoms in total. The maximum Gasteiger partial charge on any atom is 0.329 e. The molecule has 0 spiro atoms. The first kappa shape index (κ1) is 20.2. The van der Waals surface area contributed by atoms with Gasteiger partial charge < -0.3 is 20.5 Å². The molecule has 168 valence electrons. The SMILES string of the molecule is COc1c(N2CC3CCC(F)(F)C(O)C3C2)c(F)c(N)c2c(=O)[nH]c(=O)n(C3CC3)c12. The lowest BCUT2D eigenvalue weighted by atomic mass is 9.77. The first-order valence-corrected chi connectivity index (χ1v) is 10.3. The van der Waals surface area contributed by atoms with E-state index in [0.29, 0.717) is 12.8 Å². The summed E-state index contributed by atoms with van der Waals surface area (Å²) < 4.78 is 50.4. The van der Waals surface area contributed by atoms with Crippen LogP contribution in [-0.4, -0.2) is 46.9 Å². The molecule has 2 aromatic rings. The van der Waals surface area contributed by atoms with Crippen molar-refractivity contribution in [2.45, 2.75) is 43.8 Å². The predicted octanol–water partition coefficient (Wildman–Crippen LogP) is 1.60. The van der Waals surface area contributed by atoms with Crippen LogP contribution in [0.3, 0.4) is 0 Å². The number of alkyl halides is 2. The molecule has 2 heterocycles. The van der Waals surface area contributed by atoms with Gasteiger partial charge in [0, 0.05) is 31.5 Å². The van der Waals surface area contributed by atoms with Gasteiger partial charge in [0.15, 0.2) is 11.6 Å². The molecule has 0 amide bonds. The van der Waals surface area contributed by atoms with Crippen molar-refractivity contribution >= 4 is 22.3 Å². The number of nitrogens with zero attached hydrogens (tertiary/aromatic N) is 2. The second kappa shape index (κ2) is 6.65. The number of methoxy groups -OCH3 is 1. The number of rotatable bonds is 3. The standard InChI is InChI=1S/C20H23F3N4O4/c1-31-16-14-11(18(29)25-19(30)27(14)9-2-3-9)13(24)12(21)15(16)26-6-8-4-5-20(22,23)17(28)10(8)7-26/h8-10,17,28H,2-7,24H2,1H3,(H,25,29,30). The van der Waals surface area contributed by atoms with E-state index in [1.807, 2.05) is 0 Å². The van der Waals surface area contributed by atoms with Crippen LogP contribution >= 0.6 is 0 Å². The number of aromatic nitrogens is 2. The normalized spacial score (nSPS) is 27.5. The third kappa shape index (κ3) is 2.85. The van der Waals surface area contributed by atoms with E-state index in [-0.39, 0.29) is 53.8 Å². The number of aromatic amines is 1. The van der Waals surface area contributed by atoms with Crippen LogP contribution < -0.4 is 26.6 Å². The summed E-state index contributed by atoms with van der Waals surface area (Å²) >= 11 is 0. The van der Waals surface area contributed by atoms with E-state index in [1.54, 1.807) is 0 Å². The second-order valence-electron chi connectivity index (χ2n) is 8.77. The number of H-pyrrole nitrogens is 1. The largest absolute Gasteiger partial charge is 0.492 e.